The zero-order chi connectivity index (χ0) is 16.8. The third-order valence-electron chi connectivity index (χ3n) is 2.93. The number of para-hydroxylation sites is 1. The maximum atomic E-state index is 5.83. The fourth-order valence-electron chi connectivity index (χ4n) is 2.09. The maximum Gasteiger partial charge on any atom is 0.243 e. The van der Waals surface area contributed by atoms with Crippen LogP contribution in [0.25, 0.3) is 0 Å². The zero-order valence-corrected chi connectivity index (χ0v) is 14.1. The Hall–Kier alpha value is -2.63. The van der Waals surface area contributed by atoms with Gasteiger partial charge in [0.25, 0.3) is 0 Å². The lowest BCUT2D eigenvalue weighted by Gasteiger charge is -2.15. The average Bonchev–Trinajstić information content (AvgIpc) is 2.47. The minimum atomic E-state index is 0.0363. The van der Waals surface area contributed by atoms with Crippen LogP contribution in [0.1, 0.15) is 30.8 Å². The highest BCUT2D eigenvalue weighted by Crippen LogP contribution is 2.30. The largest absolute Gasteiger partial charge is 0.493 e. The van der Waals surface area contributed by atoms with Crippen LogP contribution in [-0.4, -0.2) is 29.4 Å². The number of ether oxygens (including phenoxy) is 2. The van der Waals surface area contributed by atoms with Gasteiger partial charge >= 0.3 is 0 Å². The molecular weight excluding hydrogens is 292 g/mol. The Morgan fingerprint density at radius 3 is 2.48 bits per heavy atom. The number of rotatable bonds is 6. The molecule has 0 radical (unpaired) electrons. The van der Waals surface area contributed by atoms with E-state index < -0.39 is 0 Å². The van der Waals surface area contributed by atoms with Gasteiger partial charge in [-0.2, -0.15) is 5.10 Å². The first-order chi connectivity index (χ1) is 11.0. The number of nitrogens with one attached hydrogen (secondary N) is 1. The number of aromatic nitrogens is 2. The molecule has 0 saturated carbocycles. The van der Waals surface area contributed by atoms with Crippen molar-refractivity contribution in [1.29, 1.82) is 0 Å². The molecule has 1 N–H and O–H groups in total. The molecule has 1 aromatic heterocycles. The van der Waals surface area contributed by atoms with Crippen molar-refractivity contribution in [1.82, 2.24) is 9.97 Å². The van der Waals surface area contributed by atoms with E-state index in [-0.39, 0.29) is 6.10 Å². The summed E-state index contributed by atoms with van der Waals surface area (Å²) in [6.45, 7) is 7.77. The number of aryl methyl sites for hydroxylation is 2. The predicted octanol–water partition coefficient (Wildman–Crippen LogP) is 3.34. The summed E-state index contributed by atoms with van der Waals surface area (Å²) in [6, 6.07) is 7.56. The van der Waals surface area contributed by atoms with Crippen LogP contribution < -0.4 is 14.9 Å². The number of hydrogen-bond acceptors (Lipinski definition) is 6. The van der Waals surface area contributed by atoms with Crippen molar-refractivity contribution in [2.24, 2.45) is 5.10 Å². The van der Waals surface area contributed by atoms with Gasteiger partial charge in [0.1, 0.15) is 0 Å². The monoisotopic (exact) mass is 314 g/mol. The Balaban J connectivity index is 2.21. The normalized spacial score (nSPS) is 11.0. The molecule has 1 aromatic carbocycles. The van der Waals surface area contributed by atoms with Crippen molar-refractivity contribution in [2.45, 2.75) is 33.8 Å². The van der Waals surface area contributed by atoms with E-state index in [0.717, 1.165) is 17.0 Å². The summed E-state index contributed by atoms with van der Waals surface area (Å²) < 4.78 is 11.2. The van der Waals surface area contributed by atoms with Gasteiger partial charge in [0, 0.05) is 17.0 Å². The average molecular weight is 314 g/mol. The number of nitrogens with zero attached hydrogens (tertiary/aromatic N) is 3. The van der Waals surface area contributed by atoms with E-state index in [0.29, 0.717) is 17.4 Å². The Labute approximate surface area is 136 Å². The minimum Gasteiger partial charge on any atom is -0.493 e. The third kappa shape index (κ3) is 4.67. The standard InChI is InChI=1S/C17H22N4O2/c1-11(2)23-16-14(7-6-8-15(16)22-5)10-18-21-17-19-12(3)9-13(4)20-17/h6-11H,1-5H3,(H,19,20,21)/b18-10-. The Kier molecular flexibility index (Phi) is 5.51. The van der Waals surface area contributed by atoms with E-state index in [4.69, 9.17) is 9.47 Å². The number of anilines is 1. The van der Waals surface area contributed by atoms with E-state index in [1.54, 1.807) is 13.3 Å². The van der Waals surface area contributed by atoms with E-state index in [9.17, 15) is 0 Å². The molecule has 122 valence electrons. The molecule has 2 rings (SSSR count). The zero-order valence-electron chi connectivity index (χ0n) is 14.1. The summed E-state index contributed by atoms with van der Waals surface area (Å²) in [7, 11) is 1.62. The minimum absolute atomic E-state index is 0.0363. The van der Waals surface area contributed by atoms with Crippen LogP contribution in [-0.2, 0) is 0 Å². The van der Waals surface area contributed by atoms with Crippen LogP contribution in [0.4, 0.5) is 5.95 Å². The lowest BCUT2D eigenvalue weighted by atomic mass is 10.2. The molecule has 0 aliphatic heterocycles. The molecule has 0 unspecified atom stereocenters. The van der Waals surface area contributed by atoms with Crippen molar-refractivity contribution in [3.05, 3.63) is 41.2 Å². The van der Waals surface area contributed by atoms with Crippen LogP contribution in [0.2, 0.25) is 0 Å². The molecule has 0 aliphatic carbocycles. The Morgan fingerprint density at radius 1 is 1.17 bits per heavy atom. The highest BCUT2D eigenvalue weighted by molar-refractivity contribution is 5.85. The lowest BCUT2D eigenvalue weighted by Crippen LogP contribution is -2.09. The van der Waals surface area contributed by atoms with Crippen LogP contribution in [0.5, 0.6) is 11.5 Å². The Morgan fingerprint density at radius 2 is 1.87 bits per heavy atom. The second-order valence-corrected chi connectivity index (χ2v) is 5.39. The third-order valence-corrected chi connectivity index (χ3v) is 2.93. The van der Waals surface area contributed by atoms with Gasteiger partial charge in [-0.3, -0.25) is 0 Å². The molecule has 2 aromatic rings. The summed E-state index contributed by atoms with van der Waals surface area (Å²) in [5, 5.41) is 4.20. The predicted molar refractivity (Wildman–Crippen MR) is 91.5 cm³/mol. The molecule has 0 saturated heterocycles. The van der Waals surface area contributed by atoms with Gasteiger partial charge in [0.05, 0.1) is 19.4 Å². The van der Waals surface area contributed by atoms with Crippen LogP contribution in [0, 0.1) is 13.8 Å². The molecule has 6 heteroatoms. The smallest absolute Gasteiger partial charge is 0.243 e. The fraction of sp³-hybridized carbons (Fsp3) is 0.353. The summed E-state index contributed by atoms with van der Waals surface area (Å²) in [4.78, 5) is 8.56. The van der Waals surface area contributed by atoms with E-state index in [1.807, 2.05) is 52.0 Å². The number of hydrazone groups is 1. The summed E-state index contributed by atoms with van der Waals surface area (Å²) in [5.41, 5.74) is 5.44. The first-order valence-corrected chi connectivity index (χ1v) is 7.44. The summed E-state index contributed by atoms with van der Waals surface area (Å²) in [5.74, 6) is 1.80. The van der Waals surface area contributed by atoms with Crippen molar-refractivity contribution < 1.29 is 9.47 Å². The molecule has 0 spiro atoms. The van der Waals surface area contributed by atoms with Gasteiger partial charge in [-0.05, 0) is 45.9 Å². The maximum absolute atomic E-state index is 5.83. The van der Waals surface area contributed by atoms with Gasteiger partial charge in [-0.25, -0.2) is 15.4 Å². The SMILES string of the molecule is COc1cccc(/C=N\Nc2nc(C)cc(C)n2)c1OC(C)C. The van der Waals surface area contributed by atoms with Gasteiger partial charge < -0.3 is 9.47 Å². The summed E-state index contributed by atoms with van der Waals surface area (Å²) in [6.07, 6.45) is 1.70. The first-order valence-electron chi connectivity index (χ1n) is 7.44. The molecule has 0 aliphatic rings. The molecule has 23 heavy (non-hydrogen) atoms. The molecule has 0 fully saturated rings. The van der Waals surface area contributed by atoms with E-state index in [2.05, 4.69) is 20.5 Å². The molecule has 0 bridgehead atoms. The van der Waals surface area contributed by atoms with Crippen LogP contribution in [0.15, 0.2) is 29.4 Å². The van der Waals surface area contributed by atoms with Crippen molar-refractivity contribution in [2.75, 3.05) is 12.5 Å². The quantitative estimate of drug-likeness (QED) is 0.654. The molecule has 0 atom stereocenters. The van der Waals surface area contributed by atoms with Crippen molar-refractivity contribution >= 4 is 12.2 Å². The lowest BCUT2D eigenvalue weighted by molar-refractivity contribution is 0.230. The molecular formula is C17H22N4O2. The van der Waals surface area contributed by atoms with E-state index >= 15 is 0 Å². The van der Waals surface area contributed by atoms with Gasteiger partial charge in [-0.15, -0.1) is 0 Å². The molecule has 0 amide bonds. The number of benzene rings is 1. The second kappa shape index (κ2) is 7.58. The van der Waals surface area contributed by atoms with Crippen molar-refractivity contribution in [3.63, 3.8) is 0 Å². The second-order valence-electron chi connectivity index (χ2n) is 5.39. The van der Waals surface area contributed by atoms with Crippen molar-refractivity contribution in [3.8, 4) is 11.5 Å². The Bertz CT molecular complexity index is 679. The number of methoxy groups -OCH3 is 1. The molecule has 6 nitrogen and oxygen atoms in total. The highest BCUT2D eigenvalue weighted by Gasteiger charge is 2.10. The van der Waals surface area contributed by atoms with Gasteiger partial charge in [0.2, 0.25) is 5.95 Å². The van der Waals surface area contributed by atoms with Crippen LogP contribution in [0.3, 0.4) is 0 Å². The number of hydrogen-bond donors (Lipinski definition) is 1. The highest BCUT2D eigenvalue weighted by atomic mass is 16.5. The topological polar surface area (TPSA) is 68.6 Å². The van der Waals surface area contributed by atoms with Gasteiger partial charge in [0.15, 0.2) is 11.5 Å². The van der Waals surface area contributed by atoms with Crippen LogP contribution >= 0.6 is 0 Å². The fourth-order valence-corrected chi connectivity index (χ4v) is 2.09. The molecule has 1 heterocycles. The van der Waals surface area contributed by atoms with Gasteiger partial charge in [-0.1, -0.05) is 6.07 Å². The van der Waals surface area contributed by atoms with E-state index in [1.165, 1.54) is 0 Å². The first kappa shape index (κ1) is 16.7. The summed E-state index contributed by atoms with van der Waals surface area (Å²) >= 11 is 0.